The second-order valence-electron chi connectivity index (χ2n) is 6.04. The standard InChI is InChI=1S/C19H19N3O3S/c1-13(2)26-15-9-7-14(8-10-15)12-25-18(23)11-22-19(24)16-5-3-4-6-17(16)20-21-22/h3-10,13H,11-12H2,1-2H3. The van der Waals surface area contributed by atoms with Gasteiger partial charge in [0.25, 0.3) is 5.56 Å². The second-order valence-corrected chi connectivity index (χ2v) is 7.69. The lowest BCUT2D eigenvalue weighted by molar-refractivity contribution is -0.146. The molecule has 26 heavy (non-hydrogen) atoms. The van der Waals surface area contributed by atoms with Crippen LogP contribution in [0.25, 0.3) is 10.9 Å². The van der Waals surface area contributed by atoms with Crippen LogP contribution in [0.1, 0.15) is 19.4 Å². The Bertz CT molecular complexity index is 968. The Balaban J connectivity index is 1.61. The van der Waals surface area contributed by atoms with Crippen molar-refractivity contribution in [2.75, 3.05) is 0 Å². The maximum Gasteiger partial charge on any atom is 0.328 e. The van der Waals surface area contributed by atoms with Crippen molar-refractivity contribution in [3.8, 4) is 0 Å². The van der Waals surface area contributed by atoms with E-state index in [1.54, 1.807) is 36.0 Å². The van der Waals surface area contributed by atoms with E-state index in [9.17, 15) is 9.59 Å². The summed E-state index contributed by atoms with van der Waals surface area (Å²) in [6, 6.07) is 14.8. The number of fused-ring (bicyclic) bond motifs is 1. The minimum Gasteiger partial charge on any atom is -0.459 e. The minimum atomic E-state index is -0.530. The van der Waals surface area contributed by atoms with Crippen molar-refractivity contribution in [2.24, 2.45) is 0 Å². The van der Waals surface area contributed by atoms with E-state index >= 15 is 0 Å². The number of hydrogen-bond acceptors (Lipinski definition) is 6. The summed E-state index contributed by atoms with van der Waals surface area (Å²) in [5.41, 5.74) is 1.03. The lowest BCUT2D eigenvalue weighted by Gasteiger charge is -2.08. The zero-order chi connectivity index (χ0) is 18.5. The van der Waals surface area contributed by atoms with Gasteiger partial charge in [0.15, 0.2) is 0 Å². The number of thioether (sulfide) groups is 1. The van der Waals surface area contributed by atoms with Crippen molar-refractivity contribution in [2.45, 2.75) is 37.1 Å². The molecule has 134 valence electrons. The number of carbonyl (C=O) groups is 1. The Morgan fingerprint density at radius 3 is 2.62 bits per heavy atom. The average Bonchev–Trinajstić information content (AvgIpc) is 2.63. The van der Waals surface area contributed by atoms with Crippen molar-refractivity contribution in [1.82, 2.24) is 15.0 Å². The van der Waals surface area contributed by atoms with Gasteiger partial charge in [0, 0.05) is 10.1 Å². The summed E-state index contributed by atoms with van der Waals surface area (Å²) in [4.78, 5) is 25.5. The Labute approximate surface area is 155 Å². The highest BCUT2D eigenvalue weighted by molar-refractivity contribution is 7.99. The number of hydrogen-bond donors (Lipinski definition) is 0. The maximum absolute atomic E-state index is 12.3. The third kappa shape index (κ3) is 4.49. The SMILES string of the molecule is CC(C)Sc1ccc(COC(=O)Cn2nnc3ccccc3c2=O)cc1. The third-order valence-electron chi connectivity index (χ3n) is 3.60. The first kappa shape index (κ1) is 18.1. The number of carbonyl (C=O) groups excluding carboxylic acids is 1. The molecule has 1 heterocycles. The van der Waals surface area contributed by atoms with Gasteiger partial charge < -0.3 is 4.74 Å². The maximum atomic E-state index is 12.3. The van der Waals surface area contributed by atoms with Gasteiger partial charge in [-0.15, -0.1) is 16.9 Å². The number of aromatic nitrogens is 3. The fraction of sp³-hybridized carbons (Fsp3) is 0.263. The number of rotatable bonds is 6. The van der Waals surface area contributed by atoms with Gasteiger partial charge in [0.05, 0.1) is 5.39 Å². The fourth-order valence-electron chi connectivity index (χ4n) is 2.40. The molecule has 0 aliphatic heterocycles. The predicted molar refractivity (Wildman–Crippen MR) is 101 cm³/mol. The quantitative estimate of drug-likeness (QED) is 0.491. The van der Waals surface area contributed by atoms with Crippen LogP contribution in [-0.4, -0.2) is 26.2 Å². The van der Waals surface area contributed by atoms with Crippen LogP contribution in [0.4, 0.5) is 0 Å². The lowest BCUT2D eigenvalue weighted by atomic mass is 10.2. The molecule has 7 heteroatoms. The van der Waals surface area contributed by atoms with Crippen molar-refractivity contribution in [3.63, 3.8) is 0 Å². The number of nitrogens with zero attached hydrogens (tertiary/aromatic N) is 3. The highest BCUT2D eigenvalue weighted by atomic mass is 32.2. The van der Waals surface area contributed by atoms with E-state index in [1.807, 2.05) is 24.3 Å². The van der Waals surface area contributed by atoms with Gasteiger partial charge in [-0.2, -0.15) is 4.68 Å². The first-order valence-corrected chi connectivity index (χ1v) is 9.14. The number of esters is 1. The molecule has 0 aliphatic carbocycles. The van der Waals surface area contributed by atoms with Crippen LogP contribution in [-0.2, 0) is 22.7 Å². The molecule has 1 aromatic heterocycles. The summed E-state index contributed by atoms with van der Waals surface area (Å²) >= 11 is 1.77. The van der Waals surface area contributed by atoms with E-state index in [0.717, 1.165) is 10.2 Å². The van der Waals surface area contributed by atoms with Crippen LogP contribution in [0.15, 0.2) is 58.2 Å². The molecular formula is C19H19N3O3S. The Morgan fingerprint density at radius 1 is 1.15 bits per heavy atom. The number of ether oxygens (including phenoxy) is 1. The molecule has 0 radical (unpaired) electrons. The van der Waals surface area contributed by atoms with Crippen LogP contribution < -0.4 is 5.56 Å². The zero-order valence-electron chi connectivity index (χ0n) is 14.6. The molecule has 6 nitrogen and oxygen atoms in total. The van der Waals surface area contributed by atoms with Crippen LogP contribution in [0, 0.1) is 0 Å². The van der Waals surface area contributed by atoms with Crippen molar-refractivity contribution in [1.29, 1.82) is 0 Å². The molecule has 0 spiro atoms. The van der Waals surface area contributed by atoms with Crippen molar-refractivity contribution >= 4 is 28.6 Å². The summed E-state index contributed by atoms with van der Waals surface area (Å²) in [6.07, 6.45) is 0. The van der Waals surface area contributed by atoms with Crippen LogP contribution in [0.5, 0.6) is 0 Å². The van der Waals surface area contributed by atoms with Crippen molar-refractivity contribution in [3.05, 3.63) is 64.4 Å². The van der Waals surface area contributed by atoms with Gasteiger partial charge in [0.2, 0.25) is 0 Å². The first-order valence-electron chi connectivity index (χ1n) is 8.26. The normalized spacial score (nSPS) is 11.0. The highest BCUT2D eigenvalue weighted by Gasteiger charge is 2.10. The van der Waals surface area contributed by atoms with Gasteiger partial charge in [-0.25, -0.2) is 0 Å². The summed E-state index contributed by atoms with van der Waals surface area (Å²) in [7, 11) is 0. The summed E-state index contributed by atoms with van der Waals surface area (Å²) in [5.74, 6) is -0.530. The largest absolute Gasteiger partial charge is 0.459 e. The van der Waals surface area contributed by atoms with Crippen LogP contribution in [0.3, 0.4) is 0 Å². The topological polar surface area (TPSA) is 74.1 Å². The molecule has 0 bridgehead atoms. The average molecular weight is 369 g/mol. The Hall–Kier alpha value is -2.67. The molecule has 0 fully saturated rings. The molecule has 0 saturated heterocycles. The monoisotopic (exact) mass is 369 g/mol. The smallest absolute Gasteiger partial charge is 0.328 e. The Kier molecular flexibility index (Phi) is 5.68. The van der Waals surface area contributed by atoms with E-state index < -0.39 is 5.97 Å². The van der Waals surface area contributed by atoms with E-state index in [-0.39, 0.29) is 18.7 Å². The number of benzene rings is 2. The molecule has 2 aromatic carbocycles. The molecule has 3 rings (SSSR count). The molecular weight excluding hydrogens is 350 g/mol. The van der Waals surface area contributed by atoms with E-state index in [4.69, 9.17) is 4.74 Å². The summed E-state index contributed by atoms with van der Waals surface area (Å²) in [6.45, 7) is 4.16. The summed E-state index contributed by atoms with van der Waals surface area (Å²) < 4.78 is 6.27. The lowest BCUT2D eigenvalue weighted by Crippen LogP contribution is -2.28. The molecule has 0 N–H and O–H groups in total. The Morgan fingerprint density at radius 2 is 1.88 bits per heavy atom. The zero-order valence-corrected chi connectivity index (χ0v) is 15.4. The molecule has 3 aromatic rings. The molecule has 0 amide bonds. The highest BCUT2D eigenvalue weighted by Crippen LogP contribution is 2.23. The van der Waals surface area contributed by atoms with E-state index in [2.05, 4.69) is 24.2 Å². The van der Waals surface area contributed by atoms with Gasteiger partial charge in [-0.05, 0) is 29.8 Å². The molecule has 0 unspecified atom stereocenters. The molecule has 0 saturated carbocycles. The molecule has 0 aliphatic rings. The first-order chi connectivity index (χ1) is 12.5. The van der Waals surface area contributed by atoms with Crippen molar-refractivity contribution < 1.29 is 9.53 Å². The van der Waals surface area contributed by atoms with Gasteiger partial charge in [0.1, 0.15) is 18.7 Å². The van der Waals surface area contributed by atoms with Gasteiger partial charge in [-0.1, -0.05) is 43.3 Å². The van der Waals surface area contributed by atoms with E-state index in [0.29, 0.717) is 16.2 Å². The van der Waals surface area contributed by atoms with Crippen LogP contribution in [0.2, 0.25) is 0 Å². The molecule has 0 atom stereocenters. The fourth-order valence-corrected chi connectivity index (χ4v) is 3.23. The minimum absolute atomic E-state index is 0.154. The predicted octanol–water partition coefficient (Wildman–Crippen LogP) is 3.04. The third-order valence-corrected chi connectivity index (χ3v) is 4.62. The van der Waals surface area contributed by atoms with Gasteiger partial charge >= 0.3 is 5.97 Å². The summed E-state index contributed by atoms with van der Waals surface area (Å²) in [5, 5.41) is 8.68. The van der Waals surface area contributed by atoms with Crippen LogP contribution >= 0.6 is 11.8 Å². The second kappa shape index (κ2) is 8.14. The van der Waals surface area contributed by atoms with E-state index in [1.165, 1.54) is 4.90 Å². The van der Waals surface area contributed by atoms with Gasteiger partial charge in [-0.3, -0.25) is 9.59 Å².